The zero-order chi connectivity index (χ0) is 17.9. The van der Waals surface area contributed by atoms with E-state index >= 15 is 0 Å². The molecular weight excluding hydrogens is 366 g/mol. The predicted octanol–water partition coefficient (Wildman–Crippen LogP) is 3.88. The highest BCUT2D eigenvalue weighted by atomic mass is 35.5. The van der Waals surface area contributed by atoms with Gasteiger partial charge < -0.3 is 4.90 Å². The number of pyridine rings is 1. The van der Waals surface area contributed by atoms with E-state index in [1.54, 1.807) is 6.20 Å². The minimum Gasteiger partial charge on any atom is -0.344 e. The van der Waals surface area contributed by atoms with Gasteiger partial charge in [0.15, 0.2) is 5.82 Å². The number of aryl methyl sites for hydroxylation is 1. The first-order chi connectivity index (χ1) is 12.7. The molecule has 3 heterocycles. The van der Waals surface area contributed by atoms with E-state index in [4.69, 9.17) is 11.6 Å². The molecule has 5 nitrogen and oxygen atoms in total. The van der Waals surface area contributed by atoms with Crippen molar-refractivity contribution in [2.45, 2.75) is 13.5 Å². The van der Waals surface area contributed by atoms with Crippen LogP contribution >= 0.6 is 23.1 Å². The Balaban J connectivity index is 1.38. The number of halogens is 1. The molecule has 3 aromatic rings. The minimum atomic E-state index is 0.619. The number of benzene rings is 1. The minimum absolute atomic E-state index is 0.619. The topological polar surface area (TPSA) is 45.2 Å². The molecule has 0 atom stereocenters. The second kappa shape index (κ2) is 7.70. The zero-order valence-electron chi connectivity index (χ0n) is 14.6. The second-order valence-electron chi connectivity index (χ2n) is 6.45. The van der Waals surface area contributed by atoms with Crippen LogP contribution in [0.2, 0.25) is 5.02 Å². The van der Waals surface area contributed by atoms with Crippen molar-refractivity contribution in [2.24, 2.45) is 0 Å². The molecule has 1 fully saturated rings. The van der Waals surface area contributed by atoms with E-state index < -0.39 is 0 Å². The molecule has 2 aromatic heterocycles. The third kappa shape index (κ3) is 3.87. The van der Waals surface area contributed by atoms with Crippen LogP contribution in [-0.4, -0.2) is 45.4 Å². The van der Waals surface area contributed by atoms with Crippen LogP contribution in [0.15, 0.2) is 42.6 Å². The van der Waals surface area contributed by atoms with Gasteiger partial charge in [0.05, 0.1) is 5.02 Å². The largest absolute Gasteiger partial charge is 0.344 e. The summed E-state index contributed by atoms with van der Waals surface area (Å²) < 4.78 is 4.46. The Hall–Kier alpha value is -2.02. The summed E-state index contributed by atoms with van der Waals surface area (Å²) >= 11 is 7.33. The fraction of sp³-hybridized carbons (Fsp3) is 0.316. The summed E-state index contributed by atoms with van der Waals surface area (Å²) in [5.41, 5.74) is 3.53. The smallest absolute Gasteiger partial charge is 0.205 e. The van der Waals surface area contributed by atoms with Crippen molar-refractivity contribution in [3.05, 3.63) is 58.7 Å². The highest BCUT2D eigenvalue weighted by molar-refractivity contribution is 7.09. The second-order valence-corrected chi connectivity index (χ2v) is 7.62. The molecule has 0 aliphatic carbocycles. The molecule has 4 rings (SSSR count). The van der Waals surface area contributed by atoms with E-state index in [9.17, 15) is 0 Å². The van der Waals surface area contributed by atoms with Gasteiger partial charge in [0.1, 0.15) is 5.69 Å². The molecule has 26 heavy (non-hydrogen) atoms. The van der Waals surface area contributed by atoms with Crippen molar-refractivity contribution in [1.29, 1.82) is 0 Å². The van der Waals surface area contributed by atoms with E-state index in [0.29, 0.717) is 10.8 Å². The summed E-state index contributed by atoms with van der Waals surface area (Å²) in [4.78, 5) is 13.8. The lowest BCUT2D eigenvalue weighted by atomic mass is 10.1. The maximum atomic E-state index is 5.89. The molecular formula is C19H20ClN5S. The van der Waals surface area contributed by atoms with E-state index in [2.05, 4.69) is 55.3 Å². The zero-order valence-corrected chi connectivity index (χ0v) is 16.2. The van der Waals surface area contributed by atoms with Crippen molar-refractivity contribution in [2.75, 3.05) is 31.1 Å². The van der Waals surface area contributed by atoms with Crippen LogP contribution in [0.5, 0.6) is 0 Å². The summed E-state index contributed by atoms with van der Waals surface area (Å²) in [5.74, 6) is 0.670. The van der Waals surface area contributed by atoms with Crippen molar-refractivity contribution in [3.63, 3.8) is 0 Å². The van der Waals surface area contributed by atoms with Gasteiger partial charge >= 0.3 is 0 Å². The number of hydrogen-bond donors (Lipinski definition) is 0. The Morgan fingerprint density at radius 1 is 1.08 bits per heavy atom. The monoisotopic (exact) mass is 385 g/mol. The average molecular weight is 386 g/mol. The lowest BCUT2D eigenvalue weighted by Crippen LogP contribution is -2.46. The first kappa shape index (κ1) is 17.4. The molecule has 0 spiro atoms. The Morgan fingerprint density at radius 2 is 1.88 bits per heavy atom. The summed E-state index contributed by atoms with van der Waals surface area (Å²) in [6, 6.07) is 12.3. The number of piperazine rings is 1. The molecule has 1 saturated heterocycles. The van der Waals surface area contributed by atoms with Crippen LogP contribution in [-0.2, 0) is 6.54 Å². The van der Waals surface area contributed by atoms with Gasteiger partial charge in [-0.1, -0.05) is 35.9 Å². The van der Waals surface area contributed by atoms with E-state index in [1.165, 1.54) is 22.7 Å². The highest BCUT2D eigenvalue weighted by Gasteiger charge is 2.21. The van der Waals surface area contributed by atoms with Crippen LogP contribution in [0.1, 0.15) is 11.1 Å². The Bertz CT molecular complexity index is 872. The molecule has 0 unspecified atom stereocenters. The molecule has 0 N–H and O–H groups in total. The number of nitrogens with zero attached hydrogens (tertiary/aromatic N) is 5. The number of aromatic nitrogens is 3. The van der Waals surface area contributed by atoms with Crippen molar-refractivity contribution < 1.29 is 0 Å². The van der Waals surface area contributed by atoms with Crippen LogP contribution < -0.4 is 4.90 Å². The van der Waals surface area contributed by atoms with Gasteiger partial charge in [-0.2, -0.15) is 9.36 Å². The molecule has 1 aliphatic rings. The van der Waals surface area contributed by atoms with Crippen molar-refractivity contribution in [1.82, 2.24) is 19.2 Å². The first-order valence-corrected chi connectivity index (χ1v) is 9.81. The molecule has 1 aromatic carbocycles. The maximum absolute atomic E-state index is 5.89. The number of hydrogen-bond acceptors (Lipinski definition) is 6. The van der Waals surface area contributed by atoms with E-state index in [1.807, 2.05) is 12.1 Å². The van der Waals surface area contributed by atoms with Crippen LogP contribution in [0.3, 0.4) is 0 Å². The lowest BCUT2D eigenvalue weighted by molar-refractivity contribution is 0.249. The van der Waals surface area contributed by atoms with Gasteiger partial charge in [-0.3, -0.25) is 9.88 Å². The fourth-order valence-electron chi connectivity index (χ4n) is 3.08. The van der Waals surface area contributed by atoms with Gasteiger partial charge in [-0.05, 0) is 30.2 Å². The van der Waals surface area contributed by atoms with Gasteiger partial charge in [-0.15, -0.1) is 0 Å². The Kier molecular flexibility index (Phi) is 5.15. The summed E-state index contributed by atoms with van der Waals surface area (Å²) in [5, 5.41) is 1.58. The standard InChI is InChI=1S/C19H20ClN5S/c1-14-4-2-3-5-15(14)13-24-8-10-25(11-9-24)19-22-18(23-26-19)17-7-6-16(20)12-21-17/h2-7,12H,8-11,13H2,1H3. The maximum Gasteiger partial charge on any atom is 0.205 e. The molecule has 0 bridgehead atoms. The third-order valence-corrected chi connectivity index (χ3v) is 5.67. The molecule has 0 saturated carbocycles. The predicted molar refractivity (Wildman–Crippen MR) is 107 cm³/mol. The van der Waals surface area contributed by atoms with Crippen LogP contribution in [0.4, 0.5) is 5.13 Å². The van der Waals surface area contributed by atoms with Crippen LogP contribution in [0, 0.1) is 6.92 Å². The van der Waals surface area contributed by atoms with Crippen molar-refractivity contribution >= 4 is 28.3 Å². The summed E-state index contributed by atoms with van der Waals surface area (Å²) in [6.45, 7) is 7.18. The Labute approximate surface area is 162 Å². The van der Waals surface area contributed by atoms with E-state index in [0.717, 1.165) is 43.5 Å². The fourth-order valence-corrected chi connectivity index (χ4v) is 3.92. The Morgan fingerprint density at radius 3 is 2.62 bits per heavy atom. The SMILES string of the molecule is Cc1ccccc1CN1CCN(c2nc(-c3ccc(Cl)cn3)ns2)CC1. The molecule has 1 aliphatic heterocycles. The summed E-state index contributed by atoms with van der Waals surface area (Å²) in [7, 11) is 0. The van der Waals surface area contributed by atoms with Crippen molar-refractivity contribution in [3.8, 4) is 11.5 Å². The van der Waals surface area contributed by atoms with Gasteiger partial charge in [0.2, 0.25) is 5.13 Å². The van der Waals surface area contributed by atoms with Crippen LogP contribution in [0.25, 0.3) is 11.5 Å². The first-order valence-electron chi connectivity index (χ1n) is 8.66. The molecule has 134 valence electrons. The summed E-state index contributed by atoms with van der Waals surface area (Å²) in [6.07, 6.45) is 1.63. The third-order valence-electron chi connectivity index (χ3n) is 4.67. The van der Waals surface area contributed by atoms with Gasteiger partial charge in [-0.25, -0.2) is 0 Å². The highest BCUT2D eigenvalue weighted by Crippen LogP contribution is 2.24. The number of rotatable bonds is 4. The lowest BCUT2D eigenvalue weighted by Gasteiger charge is -2.34. The molecule has 7 heteroatoms. The van der Waals surface area contributed by atoms with E-state index in [-0.39, 0.29) is 0 Å². The van der Waals surface area contributed by atoms with Gasteiger partial charge in [0.25, 0.3) is 0 Å². The van der Waals surface area contributed by atoms with Gasteiger partial charge in [0, 0.05) is 50.5 Å². The quantitative estimate of drug-likeness (QED) is 0.681. The number of anilines is 1. The normalized spacial score (nSPS) is 15.4. The molecule has 0 radical (unpaired) electrons. The molecule has 0 amide bonds. The average Bonchev–Trinajstić information content (AvgIpc) is 3.15.